The summed E-state index contributed by atoms with van der Waals surface area (Å²) in [6.45, 7) is 1.76. The Morgan fingerprint density at radius 1 is 1.25 bits per heavy atom. The van der Waals surface area contributed by atoms with Crippen LogP contribution >= 0.6 is 0 Å². The second-order valence-electron chi connectivity index (χ2n) is 6.62. The summed E-state index contributed by atoms with van der Waals surface area (Å²) in [7, 11) is 1.92. The van der Waals surface area contributed by atoms with Gasteiger partial charge in [0.15, 0.2) is 0 Å². The van der Waals surface area contributed by atoms with Crippen LogP contribution in [0.25, 0.3) is 16.8 Å². The lowest BCUT2D eigenvalue weighted by Gasteiger charge is -2.16. The molecule has 2 aromatic heterocycles. The first kappa shape index (κ1) is 18.1. The van der Waals surface area contributed by atoms with Crippen molar-refractivity contribution < 1.29 is 4.39 Å². The minimum atomic E-state index is -0.348. The summed E-state index contributed by atoms with van der Waals surface area (Å²) < 4.78 is 15.9. The molecular formula is C21H21FN6. The summed E-state index contributed by atoms with van der Waals surface area (Å²) >= 11 is 0. The number of anilines is 2. The number of aromatic nitrogens is 3. The van der Waals surface area contributed by atoms with Crippen LogP contribution in [0, 0.1) is 11.2 Å². The van der Waals surface area contributed by atoms with Crippen molar-refractivity contribution in [2.75, 3.05) is 18.4 Å². The number of nitrogens with one attached hydrogen (secondary N) is 3. The van der Waals surface area contributed by atoms with Crippen LogP contribution in [0.15, 0.2) is 48.8 Å². The lowest BCUT2D eigenvalue weighted by atomic mass is 10.00. The number of halogens is 1. The van der Waals surface area contributed by atoms with E-state index in [-0.39, 0.29) is 5.82 Å². The normalized spacial score (nSPS) is 13.9. The van der Waals surface area contributed by atoms with E-state index < -0.39 is 0 Å². The van der Waals surface area contributed by atoms with E-state index in [4.69, 9.17) is 5.41 Å². The smallest absolute Gasteiger partial charge is 0.146 e. The van der Waals surface area contributed by atoms with Crippen molar-refractivity contribution in [1.29, 1.82) is 5.41 Å². The van der Waals surface area contributed by atoms with Crippen molar-refractivity contribution >= 4 is 23.2 Å². The molecule has 0 radical (unpaired) electrons. The summed E-state index contributed by atoms with van der Waals surface area (Å²) in [5.41, 5.74) is 5.48. The molecule has 4 rings (SSSR count). The molecule has 1 aliphatic heterocycles. The van der Waals surface area contributed by atoms with E-state index in [1.807, 2.05) is 17.8 Å². The quantitative estimate of drug-likeness (QED) is 0.593. The van der Waals surface area contributed by atoms with Gasteiger partial charge in [-0.15, -0.1) is 0 Å². The van der Waals surface area contributed by atoms with Crippen molar-refractivity contribution in [1.82, 2.24) is 20.1 Å². The second-order valence-corrected chi connectivity index (χ2v) is 6.62. The number of benzene rings is 1. The number of aryl methyl sites for hydroxylation is 1. The molecule has 3 heterocycles. The number of hydrogen-bond donors (Lipinski definition) is 3. The Morgan fingerprint density at radius 3 is 2.86 bits per heavy atom. The van der Waals surface area contributed by atoms with Gasteiger partial charge >= 0.3 is 0 Å². The average Bonchev–Trinajstić information content (AvgIpc) is 3.12. The fourth-order valence-electron chi connectivity index (χ4n) is 3.39. The van der Waals surface area contributed by atoms with Gasteiger partial charge in [-0.1, -0.05) is 18.2 Å². The van der Waals surface area contributed by atoms with E-state index in [0.29, 0.717) is 16.9 Å². The summed E-state index contributed by atoms with van der Waals surface area (Å²) in [5.74, 6) is -0.348. The topological polar surface area (TPSA) is 78.6 Å². The monoisotopic (exact) mass is 376 g/mol. The van der Waals surface area contributed by atoms with Crippen LogP contribution in [0.1, 0.15) is 17.7 Å². The van der Waals surface area contributed by atoms with Crippen molar-refractivity contribution in [2.24, 2.45) is 7.05 Å². The molecule has 0 amide bonds. The minimum absolute atomic E-state index is 0.348. The van der Waals surface area contributed by atoms with E-state index in [9.17, 15) is 4.39 Å². The Bertz CT molecular complexity index is 1050. The van der Waals surface area contributed by atoms with Gasteiger partial charge in [0.25, 0.3) is 0 Å². The average molecular weight is 376 g/mol. The molecule has 0 atom stereocenters. The van der Waals surface area contributed by atoms with Crippen molar-refractivity contribution in [3.8, 4) is 11.3 Å². The molecule has 0 saturated heterocycles. The van der Waals surface area contributed by atoms with E-state index >= 15 is 0 Å². The largest absolute Gasteiger partial charge is 0.352 e. The zero-order valence-electron chi connectivity index (χ0n) is 15.5. The highest BCUT2D eigenvalue weighted by molar-refractivity contribution is 5.89. The Balaban J connectivity index is 1.77. The van der Waals surface area contributed by atoms with Gasteiger partial charge in [-0.05, 0) is 36.7 Å². The van der Waals surface area contributed by atoms with Crippen LogP contribution in [0.4, 0.5) is 15.8 Å². The molecule has 7 heteroatoms. The molecule has 6 nitrogen and oxygen atoms in total. The molecule has 1 aromatic carbocycles. The highest BCUT2D eigenvalue weighted by atomic mass is 19.1. The van der Waals surface area contributed by atoms with Crippen LogP contribution in [0.5, 0.6) is 0 Å². The molecule has 28 heavy (non-hydrogen) atoms. The first-order valence-electron chi connectivity index (χ1n) is 9.12. The Hall–Kier alpha value is -3.32. The summed E-state index contributed by atoms with van der Waals surface area (Å²) in [5, 5.41) is 18.5. The Morgan fingerprint density at radius 2 is 2.11 bits per heavy atom. The number of hydrogen-bond acceptors (Lipinski definition) is 5. The maximum Gasteiger partial charge on any atom is 0.146 e. The third-order valence-corrected chi connectivity index (χ3v) is 4.82. The summed E-state index contributed by atoms with van der Waals surface area (Å²) in [6, 6.07) is 8.32. The number of nitrogens with zero attached hydrogens (tertiary/aromatic N) is 3. The van der Waals surface area contributed by atoms with Crippen molar-refractivity contribution in [3.63, 3.8) is 0 Å². The number of pyridine rings is 1. The van der Waals surface area contributed by atoms with Gasteiger partial charge in [0.2, 0.25) is 0 Å². The lowest BCUT2D eigenvalue weighted by molar-refractivity contribution is 0.632. The van der Waals surface area contributed by atoms with Crippen molar-refractivity contribution in [2.45, 2.75) is 6.42 Å². The molecule has 0 bridgehead atoms. The fraction of sp³-hybridized carbons (Fsp3) is 0.190. The van der Waals surface area contributed by atoms with Gasteiger partial charge < -0.3 is 16.0 Å². The number of para-hydroxylation sites is 1. The van der Waals surface area contributed by atoms with E-state index in [0.717, 1.165) is 36.5 Å². The molecule has 142 valence electrons. The van der Waals surface area contributed by atoms with Crippen LogP contribution in [0.3, 0.4) is 0 Å². The maximum absolute atomic E-state index is 14.1. The molecule has 0 unspecified atom stereocenters. The summed E-state index contributed by atoms with van der Waals surface area (Å²) in [6.07, 6.45) is 7.73. The van der Waals surface area contributed by atoms with Gasteiger partial charge in [0.05, 0.1) is 29.0 Å². The van der Waals surface area contributed by atoms with Gasteiger partial charge in [0, 0.05) is 37.1 Å². The maximum atomic E-state index is 14.1. The highest BCUT2D eigenvalue weighted by Gasteiger charge is 2.18. The van der Waals surface area contributed by atoms with E-state index in [1.165, 1.54) is 17.9 Å². The standard InChI is InChI=1S/C21H21FN6/c1-28-21(14-6-8-24-9-7-14)16(13-26-28)20-10-19(15(11-23)12-25-20)27-18-5-3-2-4-17(18)22/h2-6,10-13,23-24H,7-9H2,1H3,(H,25,27). The van der Waals surface area contributed by atoms with Crippen LogP contribution in [-0.4, -0.2) is 34.1 Å². The van der Waals surface area contributed by atoms with Crippen LogP contribution in [-0.2, 0) is 7.05 Å². The molecule has 0 fully saturated rings. The Kier molecular flexibility index (Phi) is 4.99. The molecule has 0 spiro atoms. The second kappa shape index (κ2) is 7.74. The first-order chi connectivity index (χ1) is 13.7. The van der Waals surface area contributed by atoms with Gasteiger partial charge in [-0.25, -0.2) is 4.39 Å². The number of rotatable bonds is 5. The molecule has 3 aromatic rings. The van der Waals surface area contributed by atoms with Crippen molar-refractivity contribution in [3.05, 3.63) is 65.9 Å². The zero-order valence-corrected chi connectivity index (χ0v) is 15.5. The molecule has 1 aliphatic rings. The third kappa shape index (κ3) is 3.44. The highest BCUT2D eigenvalue weighted by Crippen LogP contribution is 2.32. The zero-order chi connectivity index (χ0) is 19.5. The fourth-order valence-corrected chi connectivity index (χ4v) is 3.39. The molecule has 0 saturated carbocycles. The lowest BCUT2D eigenvalue weighted by Crippen LogP contribution is -2.21. The molecule has 0 aliphatic carbocycles. The predicted octanol–water partition coefficient (Wildman–Crippen LogP) is 3.74. The molecule has 3 N–H and O–H groups in total. The van der Waals surface area contributed by atoms with E-state index in [2.05, 4.69) is 26.8 Å². The van der Waals surface area contributed by atoms with Gasteiger partial charge in [-0.3, -0.25) is 9.67 Å². The summed E-state index contributed by atoms with van der Waals surface area (Å²) in [4.78, 5) is 4.53. The SMILES string of the molecule is Cn1ncc(-c2cc(Nc3ccccc3F)c(C=N)cn2)c1C1=CCNCC1. The van der Waals surface area contributed by atoms with Crippen LogP contribution in [0.2, 0.25) is 0 Å². The van der Waals surface area contributed by atoms with Gasteiger partial charge in [-0.2, -0.15) is 5.10 Å². The Labute approximate surface area is 162 Å². The predicted molar refractivity (Wildman–Crippen MR) is 109 cm³/mol. The molecular weight excluding hydrogens is 355 g/mol. The van der Waals surface area contributed by atoms with Crippen LogP contribution < -0.4 is 10.6 Å². The van der Waals surface area contributed by atoms with Gasteiger partial charge in [0.1, 0.15) is 5.82 Å². The third-order valence-electron chi connectivity index (χ3n) is 4.82. The minimum Gasteiger partial charge on any atom is -0.352 e. The first-order valence-corrected chi connectivity index (χ1v) is 9.12. The van der Waals surface area contributed by atoms with E-state index in [1.54, 1.807) is 30.6 Å².